The first-order valence-corrected chi connectivity index (χ1v) is 11.3. The molecule has 8 nitrogen and oxygen atoms in total. The van der Waals surface area contributed by atoms with Crippen molar-refractivity contribution in [1.82, 2.24) is 24.8 Å². The monoisotopic (exact) mass is 496 g/mol. The van der Waals surface area contributed by atoms with E-state index in [4.69, 9.17) is 22.1 Å². The van der Waals surface area contributed by atoms with Gasteiger partial charge in [0, 0.05) is 12.6 Å². The molecule has 0 spiro atoms. The summed E-state index contributed by atoms with van der Waals surface area (Å²) in [6, 6.07) is 5.06. The number of nitrogens with two attached hydrogens (primary N) is 1. The lowest BCUT2D eigenvalue weighted by atomic mass is 9.84. The average molecular weight is 497 g/mol. The number of amides is 1. The van der Waals surface area contributed by atoms with Gasteiger partial charge in [0.25, 0.3) is 0 Å². The smallest absolute Gasteiger partial charge is 0.416 e. The number of nitrogens with zero attached hydrogens (tertiary/aromatic N) is 4. The Balaban J connectivity index is 1.20. The summed E-state index contributed by atoms with van der Waals surface area (Å²) in [6.07, 6.45) is 1.10. The quantitative estimate of drug-likeness (QED) is 0.458. The van der Waals surface area contributed by atoms with Crippen molar-refractivity contribution in [2.24, 2.45) is 5.92 Å². The molecule has 2 aromatic heterocycles. The molecular formula is C22H24ClF3N6O2. The lowest BCUT2D eigenvalue weighted by molar-refractivity contribution is -0.137. The maximum Gasteiger partial charge on any atom is 0.416 e. The van der Waals surface area contributed by atoms with Crippen molar-refractivity contribution in [2.75, 3.05) is 12.3 Å². The summed E-state index contributed by atoms with van der Waals surface area (Å²) in [5, 5.41) is 2.58. The molecule has 0 unspecified atom stereocenters. The third-order valence-corrected chi connectivity index (χ3v) is 6.25. The summed E-state index contributed by atoms with van der Waals surface area (Å²) in [5.41, 5.74) is 6.64. The number of halogens is 4. The van der Waals surface area contributed by atoms with Crippen LogP contribution < -0.4 is 11.1 Å². The first-order chi connectivity index (χ1) is 16.2. The van der Waals surface area contributed by atoms with E-state index in [1.54, 1.807) is 6.33 Å². The molecule has 0 saturated heterocycles. The molecule has 3 N–H and O–H groups in total. The van der Waals surface area contributed by atoms with Crippen LogP contribution in [0.5, 0.6) is 0 Å². The van der Waals surface area contributed by atoms with Crippen molar-refractivity contribution in [3.63, 3.8) is 0 Å². The third-order valence-electron chi connectivity index (χ3n) is 6.08. The van der Waals surface area contributed by atoms with Crippen molar-refractivity contribution in [1.29, 1.82) is 0 Å². The van der Waals surface area contributed by atoms with Gasteiger partial charge in [0.2, 0.25) is 5.28 Å². The van der Waals surface area contributed by atoms with E-state index in [0.717, 1.165) is 44.2 Å². The lowest BCUT2D eigenvalue weighted by Crippen LogP contribution is -2.25. The van der Waals surface area contributed by atoms with Crippen LogP contribution in [0.4, 0.5) is 23.8 Å². The molecule has 34 heavy (non-hydrogen) atoms. The minimum Gasteiger partial charge on any atom is -0.450 e. The average Bonchev–Trinajstić information content (AvgIpc) is 3.22. The van der Waals surface area contributed by atoms with Crippen molar-refractivity contribution in [3.05, 3.63) is 47.0 Å². The number of nitrogen functional groups attached to an aromatic ring is 1. The van der Waals surface area contributed by atoms with Gasteiger partial charge in [0.15, 0.2) is 11.5 Å². The Hall–Kier alpha value is -3.08. The fraction of sp³-hybridized carbons (Fsp3) is 0.455. The number of hydrogen-bond donors (Lipinski definition) is 2. The van der Waals surface area contributed by atoms with Crippen LogP contribution in [0.25, 0.3) is 11.2 Å². The second-order valence-corrected chi connectivity index (χ2v) is 8.69. The van der Waals surface area contributed by atoms with Crippen LogP contribution in [0.15, 0.2) is 30.6 Å². The van der Waals surface area contributed by atoms with Crippen LogP contribution in [0.3, 0.4) is 0 Å². The minimum absolute atomic E-state index is 0.0369. The highest BCUT2D eigenvalue weighted by molar-refractivity contribution is 6.28. The Morgan fingerprint density at radius 1 is 1.24 bits per heavy atom. The predicted molar refractivity (Wildman–Crippen MR) is 120 cm³/mol. The van der Waals surface area contributed by atoms with Crippen molar-refractivity contribution < 1.29 is 22.7 Å². The zero-order chi connectivity index (χ0) is 24.3. The van der Waals surface area contributed by atoms with Gasteiger partial charge in [-0.25, -0.2) is 9.78 Å². The summed E-state index contributed by atoms with van der Waals surface area (Å²) in [4.78, 5) is 24.4. The summed E-state index contributed by atoms with van der Waals surface area (Å²) >= 11 is 5.94. The van der Waals surface area contributed by atoms with Gasteiger partial charge >= 0.3 is 12.3 Å². The number of aromatic nitrogens is 4. The van der Waals surface area contributed by atoms with Gasteiger partial charge < -0.3 is 20.4 Å². The summed E-state index contributed by atoms with van der Waals surface area (Å²) < 4.78 is 45.6. The molecule has 12 heteroatoms. The molecule has 2 heterocycles. The molecule has 0 aliphatic heterocycles. The maximum atomic E-state index is 12.8. The number of carbonyl (C=O) groups is 1. The van der Waals surface area contributed by atoms with Gasteiger partial charge in [0.05, 0.1) is 18.5 Å². The molecule has 1 fully saturated rings. The molecule has 1 aromatic carbocycles. The SMILES string of the molecule is Nc1nc(Cl)nc2c1ncn2C1CCC(CCOC(=O)NCc2cccc(C(F)(F)F)c2)CC1. The maximum absolute atomic E-state index is 12.8. The zero-order valence-electron chi connectivity index (χ0n) is 18.2. The van der Waals surface area contributed by atoms with E-state index in [1.807, 2.05) is 4.57 Å². The highest BCUT2D eigenvalue weighted by atomic mass is 35.5. The number of anilines is 1. The van der Waals surface area contributed by atoms with Gasteiger partial charge in [-0.2, -0.15) is 23.1 Å². The van der Waals surface area contributed by atoms with E-state index >= 15 is 0 Å². The summed E-state index contributed by atoms with van der Waals surface area (Å²) in [5.74, 6) is 0.663. The van der Waals surface area contributed by atoms with Gasteiger partial charge in [0.1, 0.15) is 5.52 Å². The number of alkyl carbamates (subject to hydrolysis) is 1. The Labute approximate surface area is 198 Å². The molecule has 1 amide bonds. The molecule has 4 rings (SSSR count). The fourth-order valence-electron chi connectivity index (χ4n) is 4.29. The van der Waals surface area contributed by atoms with E-state index in [9.17, 15) is 18.0 Å². The van der Waals surface area contributed by atoms with E-state index < -0.39 is 17.8 Å². The van der Waals surface area contributed by atoms with E-state index in [-0.39, 0.29) is 30.3 Å². The van der Waals surface area contributed by atoms with Gasteiger partial charge in [-0.3, -0.25) is 0 Å². The molecule has 1 saturated carbocycles. The number of imidazole rings is 1. The molecule has 1 aliphatic carbocycles. The third kappa shape index (κ3) is 5.69. The highest BCUT2D eigenvalue weighted by Gasteiger charge is 2.30. The molecule has 0 radical (unpaired) electrons. The number of hydrogen-bond acceptors (Lipinski definition) is 6. The number of ether oxygens (including phenoxy) is 1. The minimum atomic E-state index is -4.42. The number of fused-ring (bicyclic) bond motifs is 1. The van der Waals surface area contributed by atoms with Crippen LogP contribution >= 0.6 is 11.6 Å². The van der Waals surface area contributed by atoms with Crippen LogP contribution in [0, 0.1) is 5.92 Å². The Morgan fingerprint density at radius 3 is 2.74 bits per heavy atom. The number of benzene rings is 1. The highest BCUT2D eigenvalue weighted by Crippen LogP contribution is 2.35. The standard InChI is InChI=1S/C22H24ClF3N6O2/c23-20-30-18(27)17-19(31-20)32(12-29-17)16-6-4-13(5-7-16)8-9-34-21(33)28-11-14-2-1-3-15(10-14)22(24,25)26/h1-3,10,12-13,16H,4-9,11H2,(H,28,33)(H2,27,30,31). The van der Waals surface area contributed by atoms with E-state index in [0.29, 0.717) is 22.6 Å². The molecule has 0 atom stereocenters. The number of alkyl halides is 3. The molecule has 0 bridgehead atoms. The first kappa shape index (κ1) is 24.1. The number of rotatable bonds is 6. The zero-order valence-corrected chi connectivity index (χ0v) is 18.9. The normalized spacial score (nSPS) is 18.7. The Bertz CT molecular complexity index is 1160. The van der Waals surface area contributed by atoms with Gasteiger partial charge in [-0.1, -0.05) is 12.1 Å². The molecule has 1 aliphatic rings. The largest absolute Gasteiger partial charge is 0.450 e. The summed E-state index contributed by atoms with van der Waals surface area (Å²) in [7, 11) is 0. The lowest BCUT2D eigenvalue weighted by Gasteiger charge is -2.29. The van der Waals surface area contributed by atoms with Crippen molar-refractivity contribution in [3.8, 4) is 0 Å². The Morgan fingerprint density at radius 2 is 2.00 bits per heavy atom. The van der Waals surface area contributed by atoms with Crippen LogP contribution in [-0.2, 0) is 17.5 Å². The van der Waals surface area contributed by atoms with Crippen LogP contribution in [-0.4, -0.2) is 32.2 Å². The van der Waals surface area contributed by atoms with Crippen LogP contribution in [0.2, 0.25) is 5.28 Å². The van der Waals surface area contributed by atoms with E-state index in [2.05, 4.69) is 20.3 Å². The van der Waals surface area contributed by atoms with Crippen LogP contribution in [0.1, 0.15) is 49.3 Å². The predicted octanol–water partition coefficient (Wildman–Crippen LogP) is 5.13. The molecular weight excluding hydrogens is 473 g/mol. The van der Waals surface area contributed by atoms with Gasteiger partial charge in [-0.15, -0.1) is 0 Å². The molecule has 3 aromatic rings. The second-order valence-electron chi connectivity index (χ2n) is 8.35. The topological polar surface area (TPSA) is 108 Å². The van der Waals surface area contributed by atoms with E-state index in [1.165, 1.54) is 12.1 Å². The van der Waals surface area contributed by atoms with Gasteiger partial charge in [-0.05, 0) is 67.3 Å². The Kier molecular flexibility index (Phi) is 7.11. The first-order valence-electron chi connectivity index (χ1n) is 10.9. The van der Waals surface area contributed by atoms with Crippen molar-refractivity contribution >= 4 is 34.7 Å². The van der Waals surface area contributed by atoms with Crippen molar-refractivity contribution in [2.45, 2.75) is 50.9 Å². The number of carbonyl (C=O) groups excluding carboxylic acids is 1. The number of nitrogens with one attached hydrogen (secondary N) is 1. The fourth-order valence-corrected chi connectivity index (χ4v) is 4.46. The summed E-state index contributed by atoms with van der Waals surface area (Å²) in [6.45, 7) is 0.210. The molecule has 182 valence electrons. The second kappa shape index (κ2) is 10.0.